The van der Waals surface area contributed by atoms with Crippen molar-refractivity contribution in [2.24, 2.45) is 0 Å². The van der Waals surface area contributed by atoms with Crippen molar-refractivity contribution < 1.29 is 9.32 Å². The maximum Gasteiger partial charge on any atom is 0.275 e. The van der Waals surface area contributed by atoms with E-state index < -0.39 is 0 Å². The fourth-order valence-corrected chi connectivity index (χ4v) is 1.71. The van der Waals surface area contributed by atoms with E-state index in [1.165, 1.54) is 4.90 Å². The van der Waals surface area contributed by atoms with Crippen LogP contribution in [-0.2, 0) is 0 Å². The van der Waals surface area contributed by atoms with Gasteiger partial charge in [0.15, 0.2) is 11.5 Å². The van der Waals surface area contributed by atoms with Gasteiger partial charge < -0.3 is 15.2 Å². The Morgan fingerprint density at radius 1 is 1.44 bits per heavy atom. The van der Waals surface area contributed by atoms with E-state index in [1.807, 2.05) is 0 Å². The number of aromatic nitrogens is 2. The highest BCUT2D eigenvalue weighted by Gasteiger charge is 2.17. The minimum Gasteiger partial charge on any atom is -0.383 e. The van der Waals surface area contributed by atoms with Crippen molar-refractivity contribution in [2.75, 3.05) is 19.8 Å². The van der Waals surface area contributed by atoms with Crippen LogP contribution < -0.4 is 5.73 Å². The van der Waals surface area contributed by atoms with Crippen molar-refractivity contribution >= 4 is 27.7 Å². The summed E-state index contributed by atoms with van der Waals surface area (Å²) in [6.45, 7) is 0. The van der Waals surface area contributed by atoms with Crippen LogP contribution in [0.1, 0.15) is 10.5 Å². The molecule has 2 heterocycles. The number of nitrogens with zero attached hydrogens (tertiary/aromatic N) is 3. The molecule has 0 atom stereocenters. The molecule has 94 valence electrons. The summed E-state index contributed by atoms with van der Waals surface area (Å²) in [4.78, 5) is 17.1. The number of pyridine rings is 1. The van der Waals surface area contributed by atoms with Crippen molar-refractivity contribution in [3.8, 4) is 11.3 Å². The molecule has 0 aromatic carbocycles. The molecule has 0 aliphatic heterocycles. The average Bonchev–Trinajstić information content (AvgIpc) is 2.80. The smallest absolute Gasteiger partial charge is 0.275 e. The second-order valence-corrected chi connectivity index (χ2v) is 4.78. The van der Waals surface area contributed by atoms with Gasteiger partial charge in [0, 0.05) is 30.8 Å². The van der Waals surface area contributed by atoms with Gasteiger partial charge in [0.25, 0.3) is 5.91 Å². The van der Waals surface area contributed by atoms with E-state index in [2.05, 4.69) is 26.1 Å². The van der Waals surface area contributed by atoms with Gasteiger partial charge in [-0.05, 0) is 22.0 Å². The quantitative estimate of drug-likeness (QED) is 0.914. The van der Waals surface area contributed by atoms with Crippen LogP contribution in [0.15, 0.2) is 27.3 Å². The summed E-state index contributed by atoms with van der Waals surface area (Å²) in [5.41, 5.74) is 6.57. The molecule has 1 amide bonds. The Hall–Kier alpha value is -1.89. The zero-order valence-electron chi connectivity index (χ0n) is 9.85. The normalized spacial score (nSPS) is 10.4. The molecule has 6 nitrogen and oxygen atoms in total. The molecule has 18 heavy (non-hydrogen) atoms. The SMILES string of the molecule is CN(C)C(=O)c1cc(-c2cc(Br)cnc2N)on1. The van der Waals surface area contributed by atoms with E-state index in [9.17, 15) is 4.79 Å². The van der Waals surface area contributed by atoms with Gasteiger partial charge in [-0.25, -0.2) is 4.98 Å². The molecule has 0 fully saturated rings. The Kier molecular flexibility index (Phi) is 3.33. The van der Waals surface area contributed by atoms with Crippen molar-refractivity contribution in [1.29, 1.82) is 0 Å². The number of amides is 1. The van der Waals surface area contributed by atoms with Gasteiger partial charge in [0.05, 0.1) is 5.56 Å². The molecule has 2 N–H and O–H groups in total. The van der Waals surface area contributed by atoms with E-state index in [4.69, 9.17) is 10.3 Å². The van der Waals surface area contributed by atoms with E-state index >= 15 is 0 Å². The van der Waals surface area contributed by atoms with Crippen LogP contribution in [0.25, 0.3) is 11.3 Å². The molecule has 0 aliphatic carbocycles. The number of hydrogen-bond acceptors (Lipinski definition) is 5. The Morgan fingerprint density at radius 2 is 2.17 bits per heavy atom. The van der Waals surface area contributed by atoms with Crippen LogP contribution in [0.3, 0.4) is 0 Å². The summed E-state index contributed by atoms with van der Waals surface area (Å²) in [5, 5.41) is 3.72. The lowest BCUT2D eigenvalue weighted by molar-refractivity contribution is 0.0817. The highest BCUT2D eigenvalue weighted by Crippen LogP contribution is 2.27. The number of rotatable bonds is 2. The van der Waals surface area contributed by atoms with E-state index in [0.717, 1.165) is 4.47 Å². The summed E-state index contributed by atoms with van der Waals surface area (Å²) >= 11 is 3.30. The van der Waals surface area contributed by atoms with Crippen molar-refractivity contribution in [3.05, 3.63) is 28.5 Å². The van der Waals surface area contributed by atoms with Crippen LogP contribution >= 0.6 is 15.9 Å². The number of halogens is 1. The van der Waals surface area contributed by atoms with Crippen LogP contribution in [0.2, 0.25) is 0 Å². The molecule has 0 unspecified atom stereocenters. The van der Waals surface area contributed by atoms with Crippen LogP contribution in [0, 0.1) is 0 Å². The lowest BCUT2D eigenvalue weighted by Gasteiger charge is -2.05. The lowest BCUT2D eigenvalue weighted by atomic mass is 10.2. The second-order valence-electron chi connectivity index (χ2n) is 3.86. The summed E-state index contributed by atoms with van der Waals surface area (Å²) in [6.07, 6.45) is 1.58. The summed E-state index contributed by atoms with van der Waals surface area (Å²) in [6, 6.07) is 3.30. The van der Waals surface area contributed by atoms with Gasteiger partial charge in [0.2, 0.25) is 0 Å². The third-order valence-corrected chi connectivity index (χ3v) is 2.72. The average molecular weight is 311 g/mol. The molecule has 0 aliphatic rings. The summed E-state index contributed by atoms with van der Waals surface area (Å²) in [5.74, 6) is 0.497. The highest BCUT2D eigenvalue weighted by atomic mass is 79.9. The van der Waals surface area contributed by atoms with Crippen LogP contribution in [0.4, 0.5) is 5.82 Å². The molecule has 0 saturated heterocycles. The number of carbonyl (C=O) groups excluding carboxylic acids is 1. The van der Waals surface area contributed by atoms with Gasteiger partial charge in [-0.3, -0.25) is 4.79 Å². The Balaban J connectivity index is 2.41. The predicted octanol–water partition coefficient (Wildman–Crippen LogP) is 1.78. The molecule has 2 rings (SSSR count). The summed E-state index contributed by atoms with van der Waals surface area (Å²) in [7, 11) is 3.29. The van der Waals surface area contributed by atoms with Crippen molar-refractivity contribution in [3.63, 3.8) is 0 Å². The molecular weight excluding hydrogens is 300 g/mol. The number of nitrogen functional groups attached to an aromatic ring is 1. The van der Waals surface area contributed by atoms with E-state index in [0.29, 0.717) is 17.1 Å². The first kappa shape index (κ1) is 12.6. The molecule has 2 aromatic heterocycles. The molecule has 0 spiro atoms. The zero-order chi connectivity index (χ0) is 13.3. The van der Waals surface area contributed by atoms with Gasteiger partial charge >= 0.3 is 0 Å². The van der Waals surface area contributed by atoms with Crippen molar-refractivity contribution in [2.45, 2.75) is 0 Å². The minimum absolute atomic E-state index is 0.230. The zero-order valence-corrected chi connectivity index (χ0v) is 11.4. The largest absolute Gasteiger partial charge is 0.383 e. The molecule has 7 heteroatoms. The fourth-order valence-electron chi connectivity index (χ4n) is 1.38. The maximum absolute atomic E-state index is 11.7. The Bertz CT molecular complexity index is 594. The summed E-state index contributed by atoms with van der Waals surface area (Å²) < 4.78 is 5.89. The number of hydrogen-bond donors (Lipinski definition) is 1. The minimum atomic E-state index is -0.230. The third-order valence-electron chi connectivity index (χ3n) is 2.29. The second kappa shape index (κ2) is 4.77. The standard InChI is InChI=1S/C11H11BrN4O2/c1-16(2)11(17)8-4-9(18-15-8)7-3-6(12)5-14-10(7)13/h3-5H,1-2H3,(H2,13,14). The number of anilines is 1. The fraction of sp³-hybridized carbons (Fsp3) is 0.182. The van der Waals surface area contributed by atoms with Crippen LogP contribution in [-0.4, -0.2) is 35.0 Å². The first-order chi connectivity index (χ1) is 8.49. The Labute approximate surface area is 112 Å². The molecular formula is C11H11BrN4O2. The van der Waals surface area contributed by atoms with Gasteiger partial charge in [-0.15, -0.1) is 0 Å². The predicted molar refractivity (Wildman–Crippen MR) is 69.9 cm³/mol. The monoisotopic (exact) mass is 310 g/mol. The van der Waals surface area contributed by atoms with Gasteiger partial charge in [-0.2, -0.15) is 0 Å². The first-order valence-electron chi connectivity index (χ1n) is 5.09. The topological polar surface area (TPSA) is 85.2 Å². The highest BCUT2D eigenvalue weighted by molar-refractivity contribution is 9.10. The van der Waals surface area contributed by atoms with Gasteiger partial charge in [-0.1, -0.05) is 5.16 Å². The maximum atomic E-state index is 11.7. The lowest BCUT2D eigenvalue weighted by Crippen LogP contribution is -2.21. The number of nitrogens with two attached hydrogens (primary N) is 1. The molecule has 0 radical (unpaired) electrons. The molecule has 2 aromatic rings. The number of carbonyl (C=O) groups is 1. The molecule has 0 bridgehead atoms. The third kappa shape index (κ3) is 2.35. The van der Waals surface area contributed by atoms with E-state index in [1.54, 1.807) is 32.4 Å². The van der Waals surface area contributed by atoms with E-state index in [-0.39, 0.29) is 11.6 Å². The Morgan fingerprint density at radius 3 is 2.83 bits per heavy atom. The van der Waals surface area contributed by atoms with Crippen molar-refractivity contribution in [1.82, 2.24) is 15.0 Å². The van der Waals surface area contributed by atoms with Crippen LogP contribution in [0.5, 0.6) is 0 Å². The first-order valence-corrected chi connectivity index (χ1v) is 5.88. The molecule has 0 saturated carbocycles. The van der Waals surface area contributed by atoms with Gasteiger partial charge in [0.1, 0.15) is 5.82 Å².